The van der Waals surface area contributed by atoms with Gasteiger partial charge in [-0.3, -0.25) is 0 Å². The van der Waals surface area contributed by atoms with Gasteiger partial charge in [0.25, 0.3) is 0 Å². The smallest absolute Gasteiger partial charge is 0.178 e. The Hall–Kier alpha value is -1.03. The maximum absolute atomic E-state index is 11.9. The molecule has 0 fully saturated rings. The lowest BCUT2D eigenvalue weighted by Gasteiger charge is -2.06. The average molecular weight is 241 g/mol. The summed E-state index contributed by atoms with van der Waals surface area (Å²) in [4.78, 5) is 0.326. The fourth-order valence-corrected chi connectivity index (χ4v) is 2.74. The molecule has 1 aromatic rings. The third-order valence-electron chi connectivity index (χ3n) is 2.14. The van der Waals surface area contributed by atoms with E-state index >= 15 is 0 Å². The van der Waals surface area contributed by atoms with E-state index in [-0.39, 0.29) is 5.75 Å². The van der Waals surface area contributed by atoms with E-state index < -0.39 is 9.84 Å². The van der Waals surface area contributed by atoms with Crippen molar-refractivity contribution in [2.24, 2.45) is 0 Å². The van der Waals surface area contributed by atoms with Crippen LogP contribution in [0.2, 0.25) is 0 Å². The molecule has 0 heterocycles. The van der Waals surface area contributed by atoms with Crippen molar-refractivity contribution in [2.45, 2.75) is 24.7 Å². The van der Waals surface area contributed by atoms with E-state index in [1.54, 1.807) is 24.3 Å². The van der Waals surface area contributed by atoms with Gasteiger partial charge in [0, 0.05) is 0 Å². The van der Waals surface area contributed by atoms with Crippen molar-refractivity contribution in [2.75, 3.05) is 12.4 Å². The largest absolute Gasteiger partial charge is 0.494 e. The monoisotopic (exact) mass is 241 g/mol. The number of sulfone groups is 1. The Morgan fingerprint density at radius 2 is 2.12 bits per heavy atom. The molecule has 0 spiro atoms. The summed E-state index contributed by atoms with van der Waals surface area (Å²) in [5, 5.41) is 0. The van der Waals surface area contributed by atoms with Crippen LogP contribution in [-0.2, 0) is 9.84 Å². The highest BCUT2D eigenvalue weighted by Crippen LogP contribution is 2.19. The molecule has 0 bridgehead atoms. The number of hydrogen-bond acceptors (Lipinski definition) is 3. The van der Waals surface area contributed by atoms with Gasteiger partial charge in [-0.05, 0) is 31.5 Å². The van der Waals surface area contributed by atoms with E-state index in [9.17, 15) is 8.42 Å². The van der Waals surface area contributed by atoms with Gasteiger partial charge in [-0.2, -0.15) is 0 Å². The minimum atomic E-state index is -3.18. The van der Waals surface area contributed by atoms with Crippen LogP contribution >= 0.6 is 0 Å². The van der Waals surface area contributed by atoms with Crippen molar-refractivity contribution in [3.63, 3.8) is 0 Å². The van der Waals surface area contributed by atoms with Crippen molar-refractivity contribution in [3.8, 4) is 5.75 Å². The topological polar surface area (TPSA) is 43.4 Å². The number of benzene rings is 1. The van der Waals surface area contributed by atoms with Crippen LogP contribution in [0.5, 0.6) is 5.75 Å². The number of unbranched alkanes of at least 4 members (excludes halogenated alkanes) is 1. The molecule has 1 aromatic carbocycles. The highest BCUT2D eigenvalue weighted by Gasteiger charge is 2.13. The number of hydrogen-bond donors (Lipinski definition) is 0. The van der Waals surface area contributed by atoms with E-state index in [0.717, 1.165) is 0 Å². The first-order chi connectivity index (χ1) is 7.60. The van der Waals surface area contributed by atoms with Gasteiger partial charge in [-0.25, -0.2) is 8.42 Å². The Bertz CT molecular complexity index is 424. The zero-order chi connectivity index (χ0) is 12.0. The maximum Gasteiger partial charge on any atom is 0.178 e. The van der Waals surface area contributed by atoms with E-state index in [4.69, 9.17) is 4.74 Å². The number of ether oxygens (including phenoxy) is 1. The molecule has 0 atom stereocenters. The second kappa shape index (κ2) is 5.89. The van der Waals surface area contributed by atoms with Gasteiger partial charge in [-0.1, -0.05) is 19.4 Å². The van der Waals surface area contributed by atoms with E-state index in [2.05, 4.69) is 6.92 Å². The van der Waals surface area contributed by atoms with Crippen molar-refractivity contribution in [1.29, 1.82) is 0 Å². The molecular formula is C12H17O3S. The molecule has 89 valence electrons. The Labute approximate surface area is 97.4 Å². The van der Waals surface area contributed by atoms with Gasteiger partial charge in [0.2, 0.25) is 0 Å². The van der Waals surface area contributed by atoms with Crippen molar-refractivity contribution >= 4 is 9.84 Å². The molecule has 1 rings (SSSR count). The molecule has 3 nitrogen and oxygen atoms in total. The Balaban J connectivity index is 2.90. The molecule has 16 heavy (non-hydrogen) atoms. The normalized spacial score (nSPS) is 11.4. The summed E-state index contributed by atoms with van der Waals surface area (Å²) in [6.45, 7) is 6.04. The highest BCUT2D eigenvalue weighted by atomic mass is 32.2. The minimum absolute atomic E-state index is 0.145. The van der Waals surface area contributed by atoms with Gasteiger partial charge in [0.05, 0.1) is 17.3 Å². The summed E-state index contributed by atoms with van der Waals surface area (Å²) in [6, 6.07) is 6.62. The SMILES string of the molecule is [CH2]CCCS(=O)(=O)c1cccc(OCC)c1. The van der Waals surface area contributed by atoms with Gasteiger partial charge >= 0.3 is 0 Å². The van der Waals surface area contributed by atoms with E-state index in [1.165, 1.54) is 0 Å². The van der Waals surface area contributed by atoms with Crippen molar-refractivity contribution < 1.29 is 13.2 Å². The predicted octanol–water partition coefficient (Wildman–Crippen LogP) is 2.47. The summed E-state index contributed by atoms with van der Waals surface area (Å²) in [5.41, 5.74) is 0. The van der Waals surface area contributed by atoms with E-state index in [0.29, 0.717) is 30.1 Å². The Morgan fingerprint density at radius 3 is 2.75 bits per heavy atom. The van der Waals surface area contributed by atoms with E-state index in [1.807, 2.05) is 6.92 Å². The fraction of sp³-hybridized carbons (Fsp3) is 0.417. The lowest BCUT2D eigenvalue weighted by Crippen LogP contribution is -2.06. The first-order valence-electron chi connectivity index (χ1n) is 5.35. The summed E-state index contributed by atoms with van der Waals surface area (Å²) >= 11 is 0. The van der Waals surface area contributed by atoms with Gasteiger partial charge in [0.15, 0.2) is 9.84 Å². The number of rotatable bonds is 6. The third-order valence-corrected chi connectivity index (χ3v) is 3.94. The average Bonchev–Trinajstić information content (AvgIpc) is 2.27. The summed E-state index contributed by atoms with van der Waals surface area (Å²) in [6.07, 6.45) is 1.21. The van der Waals surface area contributed by atoms with Gasteiger partial charge < -0.3 is 4.74 Å². The van der Waals surface area contributed by atoms with Crippen LogP contribution < -0.4 is 4.74 Å². The van der Waals surface area contributed by atoms with Crippen LogP contribution in [0.1, 0.15) is 19.8 Å². The fourth-order valence-electron chi connectivity index (χ4n) is 1.33. The lowest BCUT2D eigenvalue weighted by molar-refractivity contribution is 0.339. The molecule has 0 aliphatic carbocycles. The molecule has 0 aliphatic rings. The maximum atomic E-state index is 11.9. The molecule has 1 radical (unpaired) electrons. The van der Waals surface area contributed by atoms with Gasteiger partial charge in [-0.15, -0.1) is 0 Å². The zero-order valence-corrected chi connectivity index (χ0v) is 10.3. The molecule has 0 N–H and O–H groups in total. The summed E-state index contributed by atoms with van der Waals surface area (Å²) in [5.74, 6) is 0.740. The van der Waals surface area contributed by atoms with Gasteiger partial charge in [0.1, 0.15) is 5.75 Å². The van der Waals surface area contributed by atoms with Crippen LogP contribution in [0.3, 0.4) is 0 Å². The summed E-state index contributed by atoms with van der Waals surface area (Å²) < 4.78 is 29.0. The van der Waals surface area contributed by atoms with Crippen LogP contribution in [0.4, 0.5) is 0 Å². The molecule has 0 saturated heterocycles. The standard InChI is InChI=1S/C12H17O3S/c1-3-5-9-16(13,14)12-8-6-7-11(10-12)15-4-2/h6-8,10H,1,3-5,9H2,2H3. The van der Waals surface area contributed by atoms with Crippen LogP contribution in [0.25, 0.3) is 0 Å². The Morgan fingerprint density at radius 1 is 1.38 bits per heavy atom. The molecule has 0 aromatic heterocycles. The molecule has 0 unspecified atom stereocenters. The first kappa shape index (κ1) is 13.0. The predicted molar refractivity (Wildman–Crippen MR) is 64.3 cm³/mol. The minimum Gasteiger partial charge on any atom is -0.494 e. The van der Waals surface area contributed by atoms with Crippen LogP contribution in [-0.4, -0.2) is 20.8 Å². The molecule has 4 heteroatoms. The van der Waals surface area contributed by atoms with Crippen molar-refractivity contribution in [3.05, 3.63) is 31.2 Å². The quantitative estimate of drug-likeness (QED) is 0.768. The van der Waals surface area contributed by atoms with Crippen molar-refractivity contribution in [1.82, 2.24) is 0 Å². The second-order valence-corrected chi connectivity index (χ2v) is 5.54. The summed E-state index contributed by atoms with van der Waals surface area (Å²) in [7, 11) is -3.18. The second-order valence-electron chi connectivity index (χ2n) is 3.43. The van der Waals surface area contributed by atoms with Crippen LogP contribution in [0.15, 0.2) is 29.2 Å². The zero-order valence-electron chi connectivity index (χ0n) is 9.48. The van der Waals surface area contributed by atoms with Crippen LogP contribution in [0, 0.1) is 6.92 Å². The third kappa shape index (κ3) is 3.52. The molecule has 0 amide bonds. The lowest BCUT2D eigenvalue weighted by atomic mass is 10.3. The first-order valence-corrected chi connectivity index (χ1v) is 7.00. The Kier molecular flexibility index (Phi) is 4.80. The molecular weight excluding hydrogens is 224 g/mol. The highest BCUT2D eigenvalue weighted by molar-refractivity contribution is 7.91. The molecule has 0 saturated carbocycles. The molecule has 0 aliphatic heterocycles.